The van der Waals surface area contributed by atoms with Crippen LogP contribution in [-0.4, -0.2) is 10.2 Å². The van der Waals surface area contributed by atoms with E-state index in [2.05, 4.69) is 0 Å². The molecule has 0 unspecified atom stereocenters. The lowest BCUT2D eigenvalue weighted by molar-refractivity contribution is 0.107. The van der Waals surface area contributed by atoms with Crippen LogP contribution in [0.15, 0.2) is 109 Å². The van der Waals surface area contributed by atoms with E-state index in [4.69, 9.17) is 0 Å². The van der Waals surface area contributed by atoms with Gasteiger partial charge in [-0.05, 0) is 56.0 Å². The maximum atomic E-state index is 12.9. The van der Waals surface area contributed by atoms with E-state index in [1.54, 1.807) is 12.1 Å². The number of carbonyl (C=O) groups excluding carboxylic acids is 2. The molecule has 2 nitrogen and oxygen atoms in total. The lowest BCUT2D eigenvalue weighted by Gasteiger charge is -2.09. The van der Waals surface area contributed by atoms with E-state index < -0.39 is 0 Å². The lowest BCUT2D eigenvalue weighted by Crippen LogP contribution is -1.99. The number of benzene rings is 4. The first-order valence-corrected chi connectivity index (χ1v) is 11.6. The Labute approximate surface area is 183 Å². The van der Waals surface area contributed by atoms with Gasteiger partial charge in [-0.2, -0.15) is 0 Å². The van der Waals surface area contributed by atoms with Gasteiger partial charge in [0.25, 0.3) is 0 Å². The first kappa shape index (κ1) is 20.2. The third kappa shape index (κ3) is 4.56. The Balaban J connectivity index is 1.53. The summed E-state index contributed by atoms with van der Waals surface area (Å²) in [5, 5.41) is -0.269. The monoisotopic (exact) mass is 426 g/mol. The molecule has 30 heavy (non-hydrogen) atoms. The van der Waals surface area contributed by atoms with Crippen LogP contribution in [0.25, 0.3) is 22.3 Å². The zero-order chi connectivity index (χ0) is 20.8. The molecule has 0 aliphatic heterocycles. The van der Waals surface area contributed by atoms with Gasteiger partial charge in [0.1, 0.15) is 0 Å². The Hall–Kier alpha value is -3.08. The van der Waals surface area contributed by atoms with Crippen LogP contribution in [0.5, 0.6) is 0 Å². The molecule has 0 amide bonds. The zero-order valence-electron chi connectivity index (χ0n) is 16.0. The number of rotatable bonds is 4. The van der Waals surface area contributed by atoms with Crippen LogP contribution in [0.4, 0.5) is 0 Å². The molecule has 0 heterocycles. The second-order valence-corrected chi connectivity index (χ2v) is 8.64. The van der Waals surface area contributed by atoms with Gasteiger partial charge < -0.3 is 0 Å². The molecule has 0 radical (unpaired) electrons. The molecule has 0 aliphatic rings. The molecule has 0 fully saturated rings. The fourth-order valence-corrected chi connectivity index (χ4v) is 4.91. The van der Waals surface area contributed by atoms with Crippen molar-refractivity contribution in [3.8, 4) is 22.3 Å². The van der Waals surface area contributed by atoms with Gasteiger partial charge in [-0.1, -0.05) is 97.1 Å². The highest BCUT2D eigenvalue weighted by Gasteiger charge is 2.18. The molecule has 4 aromatic carbocycles. The van der Waals surface area contributed by atoms with E-state index in [-0.39, 0.29) is 10.2 Å². The highest BCUT2D eigenvalue weighted by Crippen LogP contribution is 2.35. The fraction of sp³-hybridized carbons (Fsp3) is 0. The third-order valence-corrected chi connectivity index (χ3v) is 6.64. The maximum Gasteiger partial charge on any atom is 0.230 e. The molecular weight excluding hydrogens is 408 g/mol. The first-order valence-electron chi connectivity index (χ1n) is 9.46. The van der Waals surface area contributed by atoms with Gasteiger partial charge in [-0.25, -0.2) is 0 Å². The molecule has 4 rings (SSSR count). The zero-order valence-corrected chi connectivity index (χ0v) is 17.7. The Morgan fingerprint density at radius 2 is 0.767 bits per heavy atom. The summed E-state index contributed by atoms with van der Waals surface area (Å²) in [4.78, 5) is 25.8. The van der Waals surface area contributed by atoms with E-state index in [9.17, 15) is 9.59 Å². The van der Waals surface area contributed by atoms with E-state index >= 15 is 0 Å². The van der Waals surface area contributed by atoms with Crippen molar-refractivity contribution in [1.82, 2.24) is 0 Å². The van der Waals surface area contributed by atoms with Crippen LogP contribution >= 0.6 is 21.6 Å². The van der Waals surface area contributed by atoms with Gasteiger partial charge in [0.05, 0.1) is 0 Å². The van der Waals surface area contributed by atoms with Crippen molar-refractivity contribution < 1.29 is 9.59 Å². The summed E-state index contributed by atoms with van der Waals surface area (Å²) in [5.41, 5.74) is 4.90. The summed E-state index contributed by atoms with van der Waals surface area (Å²) in [6.45, 7) is 0. The van der Waals surface area contributed by atoms with Gasteiger partial charge in [0.15, 0.2) is 0 Å². The average Bonchev–Trinajstić information content (AvgIpc) is 2.83. The van der Waals surface area contributed by atoms with Crippen LogP contribution < -0.4 is 0 Å². The molecule has 146 valence electrons. The Morgan fingerprint density at radius 3 is 1.17 bits per heavy atom. The van der Waals surface area contributed by atoms with Gasteiger partial charge >= 0.3 is 0 Å². The molecule has 0 spiro atoms. The minimum absolute atomic E-state index is 0.134. The largest absolute Gasteiger partial charge is 0.281 e. The second kappa shape index (κ2) is 9.61. The minimum atomic E-state index is -0.134. The molecule has 0 aliphatic carbocycles. The highest BCUT2D eigenvalue weighted by molar-refractivity contribution is 8.87. The molecule has 0 aromatic heterocycles. The second-order valence-electron chi connectivity index (χ2n) is 6.56. The van der Waals surface area contributed by atoms with Crippen molar-refractivity contribution in [2.24, 2.45) is 0 Å². The summed E-state index contributed by atoms with van der Waals surface area (Å²) in [5.74, 6) is 0. The van der Waals surface area contributed by atoms with Crippen LogP contribution in [0.2, 0.25) is 0 Å². The third-order valence-electron chi connectivity index (χ3n) is 4.66. The standard InChI is InChI=1S/C26H18O2S2/c27-25(23-17-9-7-15-21(23)19-11-3-1-4-12-19)29-30-26(28)24-18-10-8-16-22(24)20-13-5-2-6-14-20/h1-18H. The molecule has 4 aromatic rings. The van der Waals surface area contributed by atoms with Gasteiger partial charge in [-0.3, -0.25) is 9.59 Å². The van der Waals surface area contributed by atoms with Crippen molar-refractivity contribution in [3.63, 3.8) is 0 Å². The van der Waals surface area contributed by atoms with Gasteiger partial charge in [0.2, 0.25) is 10.2 Å². The fourth-order valence-electron chi connectivity index (χ4n) is 3.23. The molecule has 0 atom stereocenters. The van der Waals surface area contributed by atoms with Crippen molar-refractivity contribution in [1.29, 1.82) is 0 Å². The van der Waals surface area contributed by atoms with Crippen molar-refractivity contribution in [2.75, 3.05) is 0 Å². The summed E-state index contributed by atoms with van der Waals surface area (Å²) < 4.78 is 0. The Morgan fingerprint density at radius 1 is 0.433 bits per heavy atom. The van der Waals surface area contributed by atoms with Crippen molar-refractivity contribution >= 4 is 31.8 Å². The molecule has 0 bridgehead atoms. The molecule has 4 heteroatoms. The SMILES string of the molecule is O=C(SSC(=O)c1ccccc1-c1ccccc1)c1ccccc1-c1ccccc1. The van der Waals surface area contributed by atoms with E-state index in [0.29, 0.717) is 11.1 Å². The summed E-state index contributed by atoms with van der Waals surface area (Å²) >= 11 is 0. The summed E-state index contributed by atoms with van der Waals surface area (Å²) in [6.07, 6.45) is 0. The first-order chi connectivity index (χ1) is 14.7. The van der Waals surface area contributed by atoms with Crippen LogP contribution in [0.3, 0.4) is 0 Å². The lowest BCUT2D eigenvalue weighted by atomic mass is 10.0. The van der Waals surface area contributed by atoms with Crippen LogP contribution in [0, 0.1) is 0 Å². The normalized spacial score (nSPS) is 10.5. The quantitative estimate of drug-likeness (QED) is 0.319. The average molecular weight is 427 g/mol. The van der Waals surface area contributed by atoms with Crippen LogP contribution in [0.1, 0.15) is 20.7 Å². The molecule has 0 N–H and O–H groups in total. The number of carbonyl (C=O) groups is 2. The predicted molar refractivity (Wildman–Crippen MR) is 128 cm³/mol. The predicted octanol–water partition coefficient (Wildman–Crippen LogP) is 7.38. The van der Waals surface area contributed by atoms with Gasteiger partial charge in [0, 0.05) is 11.1 Å². The van der Waals surface area contributed by atoms with E-state index in [1.807, 2.05) is 97.1 Å². The summed E-state index contributed by atoms with van der Waals surface area (Å²) in [6, 6.07) is 34.6. The minimum Gasteiger partial charge on any atom is -0.281 e. The smallest absolute Gasteiger partial charge is 0.230 e. The number of hydrogen-bond acceptors (Lipinski definition) is 4. The number of hydrogen-bond donors (Lipinski definition) is 0. The van der Waals surface area contributed by atoms with Crippen molar-refractivity contribution in [3.05, 3.63) is 120 Å². The maximum absolute atomic E-state index is 12.9. The van der Waals surface area contributed by atoms with Crippen LogP contribution in [-0.2, 0) is 0 Å². The Bertz CT molecular complexity index is 1080. The van der Waals surface area contributed by atoms with Gasteiger partial charge in [-0.15, -0.1) is 0 Å². The molecule has 0 saturated carbocycles. The van der Waals surface area contributed by atoms with Crippen molar-refractivity contribution in [2.45, 2.75) is 0 Å². The van der Waals surface area contributed by atoms with E-state index in [0.717, 1.165) is 43.8 Å². The molecular formula is C26H18O2S2. The summed E-state index contributed by atoms with van der Waals surface area (Å²) in [7, 11) is 1.95. The topological polar surface area (TPSA) is 34.1 Å². The highest BCUT2D eigenvalue weighted by atomic mass is 33.1. The molecule has 0 saturated heterocycles. The van der Waals surface area contributed by atoms with E-state index in [1.165, 1.54) is 0 Å². The Kier molecular flexibility index (Phi) is 6.47.